The van der Waals surface area contributed by atoms with Crippen LogP contribution in [0.1, 0.15) is 22.3 Å². The summed E-state index contributed by atoms with van der Waals surface area (Å²) in [5, 5.41) is 15.2. The Bertz CT molecular complexity index is 885. The lowest BCUT2D eigenvalue weighted by Crippen LogP contribution is -2.16. The fourth-order valence-electron chi connectivity index (χ4n) is 2.79. The highest BCUT2D eigenvalue weighted by Gasteiger charge is 2.13. The van der Waals surface area contributed by atoms with E-state index in [1.807, 2.05) is 64.1 Å². The van der Waals surface area contributed by atoms with E-state index in [4.69, 9.17) is 4.74 Å². The second-order valence-corrected chi connectivity index (χ2v) is 6.25. The number of anilines is 2. The number of amides is 1. The third kappa shape index (κ3) is 4.42. The van der Waals surface area contributed by atoms with Gasteiger partial charge in [-0.25, -0.2) is 0 Å². The molecule has 0 spiro atoms. The number of carbonyl (C=O) groups excluding carboxylic acids is 1. The van der Waals surface area contributed by atoms with E-state index < -0.39 is 5.91 Å². The van der Waals surface area contributed by atoms with Crippen LogP contribution in [0.15, 0.2) is 42.1 Å². The molecule has 5 nitrogen and oxygen atoms in total. The van der Waals surface area contributed by atoms with Crippen molar-refractivity contribution in [3.8, 4) is 11.8 Å². The molecule has 0 radical (unpaired) electrons. The average molecular weight is 349 g/mol. The van der Waals surface area contributed by atoms with Crippen LogP contribution in [0.25, 0.3) is 0 Å². The molecule has 26 heavy (non-hydrogen) atoms. The van der Waals surface area contributed by atoms with Gasteiger partial charge >= 0.3 is 0 Å². The number of nitrogens with one attached hydrogen (secondary N) is 2. The molecule has 5 heteroatoms. The van der Waals surface area contributed by atoms with Crippen molar-refractivity contribution in [1.82, 2.24) is 0 Å². The minimum atomic E-state index is -0.457. The third-order valence-corrected chi connectivity index (χ3v) is 4.01. The molecule has 2 N–H and O–H groups in total. The number of hydrogen-bond donors (Lipinski definition) is 2. The number of benzene rings is 2. The Hall–Kier alpha value is -3.26. The molecule has 0 fully saturated rings. The summed E-state index contributed by atoms with van der Waals surface area (Å²) < 4.78 is 5.29. The molecule has 2 aromatic rings. The van der Waals surface area contributed by atoms with Crippen LogP contribution >= 0.6 is 0 Å². The second-order valence-electron chi connectivity index (χ2n) is 6.25. The third-order valence-electron chi connectivity index (χ3n) is 4.01. The highest BCUT2D eigenvalue weighted by Crippen LogP contribution is 2.26. The molecule has 0 bridgehead atoms. The summed E-state index contributed by atoms with van der Waals surface area (Å²) in [7, 11) is 1.57. The summed E-state index contributed by atoms with van der Waals surface area (Å²) >= 11 is 0. The normalized spacial score (nSPS) is 10.8. The SMILES string of the molecule is COc1ccc(C)cc1N/C=C(/C#N)C(=O)Nc1c(C)cc(C)cc1C. The van der Waals surface area contributed by atoms with Gasteiger partial charge in [0.2, 0.25) is 0 Å². The van der Waals surface area contributed by atoms with Gasteiger partial charge in [-0.3, -0.25) is 4.79 Å². The van der Waals surface area contributed by atoms with E-state index >= 15 is 0 Å². The van der Waals surface area contributed by atoms with Gasteiger partial charge in [0.15, 0.2) is 0 Å². The van der Waals surface area contributed by atoms with Crippen LogP contribution in [0.2, 0.25) is 0 Å². The van der Waals surface area contributed by atoms with Crippen LogP contribution in [0.4, 0.5) is 11.4 Å². The Balaban J connectivity index is 2.23. The largest absolute Gasteiger partial charge is 0.495 e. The number of nitriles is 1. The molecule has 0 aliphatic rings. The van der Waals surface area contributed by atoms with E-state index in [2.05, 4.69) is 10.6 Å². The van der Waals surface area contributed by atoms with Gasteiger partial charge in [-0.05, 0) is 56.5 Å². The zero-order chi connectivity index (χ0) is 19.3. The van der Waals surface area contributed by atoms with Crippen molar-refractivity contribution in [3.05, 3.63) is 64.4 Å². The second kappa shape index (κ2) is 8.21. The molecule has 0 saturated heterocycles. The van der Waals surface area contributed by atoms with E-state index in [1.54, 1.807) is 7.11 Å². The molecule has 0 unspecified atom stereocenters. The molecule has 0 aromatic heterocycles. The van der Waals surface area contributed by atoms with Gasteiger partial charge in [0, 0.05) is 11.9 Å². The van der Waals surface area contributed by atoms with Crippen LogP contribution in [0.5, 0.6) is 5.75 Å². The monoisotopic (exact) mass is 349 g/mol. The molecule has 0 aliphatic heterocycles. The molecule has 0 saturated carbocycles. The summed E-state index contributed by atoms with van der Waals surface area (Å²) in [6.45, 7) is 7.82. The summed E-state index contributed by atoms with van der Waals surface area (Å²) in [4.78, 5) is 12.5. The standard InChI is InChI=1S/C21H23N3O2/c1-13-6-7-19(26-5)18(10-13)23-12-17(11-22)21(25)24-20-15(3)8-14(2)9-16(20)4/h6-10,12,23H,1-5H3,(H,24,25)/b17-12-. The van der Waals surface area contributed by atoms with E-state index in [0.717, 1.165) is 27.9 Å². The molecule has 0 heterocycles. The molecule has 0 atom stereocenters. The molecular formula is C21H23N3O2. The van der Waals surface area contributed by atoms with E-state index in [9.17, 15) is 10.1 Å². The lowest BCUT2D eigenvalue weighted by molar-refractivity contribution is -0.112. The van der Waals surface area contributed by atoms with E-state index in [1.165, 1.54) is 6.20 Å². The van der Waals surface area contributed by atoms with Gasteiger partial charge in [-0.2, -0.15) is 5.26 Å². The Kier molecular flexibility index (Phi) is 6.03. The minimum Gasteiger partial charge on any atom is -0.495 e. The maximum absolute atomic E-state index is 12.5. The molecular weight excluding hydrogens is 326 g/mol. The van der Waals surface area contributed by atoms with E-state index in [0.29, 0.717) is 11.4 Å². The molecule has 1 amide bonds. The van der Waals surface area contributed by atoms with Crippen molar-refractivity contribution in [2.45, 2.75) is 27.7 Å². The number of hydrogen-bond acceptors (Lipinski definition) is 4. The first kappa shape index (κ1) is 19.1. The van der Waals surface area contributed by atoms with Crippen molar-refractivity contribution in [2.75, 3.05) is 17.7 Å². The van der Waals surface area contributed by atoms with Crippen LogP contribution in [0.3, 0.4) is 0 Å². The van der Waals surface area contributed by atoms with Crippen LogP contribution in [0, 0.1) is 39.0 Å². The van der Waals surface area contributed by atoms with Crippen LogP contribution in [-0.4, -0.2) is 13.0 Å². The first-order chi connectivity index (χ1) is 12.3. The Labute approximate surface area is 154 Å². The number of rotatable bonds is 5. The number of nitrogens with zero attached hydrogens (tertiary/aromatic N) is 1. The van der Waals surface area contributed by atoms with Crippen molar-refractivity contribution in [1.29, 1.82) is 5.26 Å². The molecule has 0 aliphatic carbocycles. The fourth-order valence-corrected chi connectivity index (χ4v) is 2.79. The van der Waals surface area contributed by atoms with E-state index in [-0.39, 0.29) is 5.57 Å². The lowest BCUT2D eigenvalue weighted by Gasteiger charge is -2.13. The first-order valence-corrected chi connectivity index (χ1v) is 8.26. The fraction of sp³-hybridized carbons (Fsp3) is 0.238. The van der Waals surface area contributed by atoms with Gasteiger partial charge in [0.05, 0.1) is 12.8 Å². The molecule has 2 rings (SSSR count). The van der Waals surface area contributed by atoms with Crippen LogP contribution < -0.4 is 15.4 Å². The van der Waals surface area contributed by atoms with Crippen molar-refractivity contribution >= 4 is 17.3 Å². The number of ether oxygens (including phenoxy) is 1. The van der Waals surface area contributed by atoms with Crippen molar-refractivity contribution in [2.24, 2.45) is 0 Å². The highest BCUT2D eigenvalue weighted by atomic mass is 16.5. The Morgan fingerprint density at radius 1 is 1.08 bits per heavy atom. The van der Waals surface area contributed by atoms with Gasteiger partial charge in [0.25, 0.3) is 5.91 Å². The van der Waals surface area contributed by atoms with Crippen molar-refractivity contribution in [3.63, 3.8) is 0 Å². The number of methoxy groups -OCH3 is 1. The van der Waals surface area contributed by atoms with Gasteiger partial charge in [-0.15, -0.1) is 0 Å². The first-order valence-electron chi connectivity index (χ1n) is 8.26. The molecule has 134 valence electrons. The summed E-state index contributed by atoms with van der Waals surface area (Å²) in [5.74, 6) is 0.177. The Morgan fingerprint density at radius 3 is 2.31 bits per heavy atom. The average Bonchev–Trinajstić information content (AvgIpc) is 2.58. The lowest BCUT2D eigenvalue weighted by atomic mass is 10.0. The predicted molar refractivity (Wildman–Crippen MR) is 104 cm³/mol. The maximum Gasteiger partial charge on any atom is 0.267 e. The number of carbonyl (C=O) groups is 1. The Morgan fingerprint density at radius 2 is 1.73 bits per heavy atom. The quantitative estimate of drug-likeness (QED) is 0.620. The van der Waals surface area contributed by atoms with Gasteiger partial charge in [0.1, 0.15) is 17.4 Å². The smallest absolute Gasteiger partial charge is 0.267 e. The highest BCUT2D eigenvalue weighted by molar-refractivity contribution is 6.07. The summed E-state index contributed by atoms with van der Waals surface area (Å²) in [6.07, 6.45) is 1.39. The maximum atomic E-state index is 12.5. The summed E-state index contributed by atoms with van der Waals surface area (Å²) in [5.41, 5.74) is 5.49. The zero-order valence-electron chi connectivity index (χ0n) is 15.7. The zero-order valence-corrected chi connectivity index (χ0v) is 15.7. The van der Waals surface area contributed by atoms with Crippen molar-refractivity contribution < 1.29 is 9.53 Å². The summed E-state index contributed by atoms with van der Waals surface area (Å²) in [6, 6.07) is 11.6. The van der Waals surface area contributed by atoms with Gasteiger partial charge in [-0.1, -0.05) is 23.8 Å². The minimum absolute atomic E-state index is 0.0204. The number of aryl methyl sites for hydroxylation is 4. The topological polar surface area (TPSA) is 74.1 Å². The molecule has 2 aromatic carbocycles. The van der Waals surface area contributed by atoms with Gasteiger partial charge < -0.3 is 15.4 Å². The predicted octanol–water partition coefficient (Wildman–Crippen LogP) is 4.39. The van der Waals surface area contributed by atoms with Crippen LogP contribution in [-0.2, 0) is 4.79 Å².